The summed E-state index contributed by atoms with van der Waals surface area (Å²) in [6, 6.07) is 7.70. The summed E-state index contributed by atoms with van der Waals surface area (Å²) < 4.78 is 8.47. The molecule has 5 nitrogen and oxygen atoms in total. The predicted molar refractivity (Wildman–Crippen MR) is 71.8 cm³/mol. The highest BCUT2D eigenvalue weighted by molar-refractivity contribution is 9.10. The molecule has 0 bridgehead atoms. The molecule has 0 radical (unpaired) electrons. The molecule has 0 unspecified atom stereocenters. The molecular weight excluding hydrogens is 296 g/mol. The Bertz CT molecular complexity index is 536. The molecule has 0 spiro atoms. The minimum absolute atomic E-state index is 0.202. The number of anilines is 1. The van der Waals surface area contributed by atoms with Crippen LogP contribution in [0.5, 0.6) is 5.88 Å². The third kappa shape index (κ3) is 2.20. The molecule has 0 atom stereocenters. The maximum Gasteiger partial charge on any atom is 0.213 e. The Hall–Kier alpha value is -1.56. The lowest BCUT2D eigenvalue weighted by molar-refractivity contribution is 0.159. The SMILES string of the molecule is Cn1nc(Br)cc1N1CC(Oc2ccccn2)C1. The van der Waals surface area contributed by atoms with Crippen molar-refractivity contribution in [2.24, 2.45) is 7.05 Å². The second-order valence-corrected chi connectivity index (χ2v) is 5.07. The molecule has 0 N–H and O–H groups in total. The van der Waals surface area contributed by atoms with E-state index in [1.54, 1.807) is 6.20 Å². The van der Waals surface area contributed by atoms with E-state index in [4.69, 9.17) is 4.74 Å². The van der Waals surface area contributed by atoms with Crippen molar-refractivity contribution in [3.05, 3.63) is 35.1 Å². The first-order chi connectivity index (χ1) is 8.72. The Morgan fingerprint density at radius 2 is 2.22 bits per heavy atom. The Labute approximate surface area is 114 Å². The lowest BCUT2D eigenvalue weighted by atomic mass is 10.1. The summed E-state index contributed by atoms with van der Waals surface area (Å²) in [7, 11) is 1.94. The molecule has 0 saturated carbocycles. The van der Waals surface area contributed by atoms with Crippen molar-refractivity contribution in [3.8, 4) is 5.88 Å². The van der Waals surface area contributed by atoms with E-state index in [1.165, 1.54) is 0 Å². The minimum atomic E-state index is 0.202. The standard InChI is InChI=1S/C12H13BrN4O/c1-16-12(6-10(13)15-16)17-7-9(8-17)18-11-4-2-3-5-14-11/h2-6,9H,7-8H2,1H3. The monoisotopic (exact) mass is 308 g/mol. The molecule has 18 heavy (non-hydrogen) atoms. The van der Waals surface area contributed by atoms with Crippen molar-refractivity contribution in [2.45, 2.75) is 6.10 Å². The number of halogens is 1. The Morgan fingerprint density at radius 3 is 2.83 bits per heavy atom. The number of hydrogen-bond acceptors (Lipinski definition) is 4. The molecule has 0 aromatic carbocycles. The van der Waals surface area contributed by atoms with Crippen LogP contribution in [0.4, 0.5) is 5.82 Å². The molecule has 3 rings (SSSR count). The van der Waals surface area contributed by atoms with E-state index < -0.39 is 0 Å². The summed E-state index contributed by atoms with van der Waals surface area (Å²) in [6.07, 6.45) is 1.94. The largest absolute Gasteiger partial charge is 0.471 e. The number of ether oxygens (including phenoxy) is 1. The van der Waals surface area contributed by atoms with Gasteiger partial charge in [0.25, 0.3) is 0 Å². The molecule has 1 aliphatic heterocycles. The van der Waals surface area contributed by atoms with Gasteiger partial charge in [0.1, 0.15) is 16.5 Å². The molecule has 0 aliphatic carbocycles. The molecular formula is C12H13BrN4O. The molecule has 1 fully saturated rings. The van der Waals surface area contributed by atoms with Crippen LogP contribution in [0, 0.1) is 0 Å². The second kappa shape index (κ2) is 4.61. The Morgan fingerprint density at radius 1 is 1.39 bits per heavy atom. The van der Waals surface area contributed by atoms with E-state index in [2.05, 4.69) is 30.9 Å². The highest BCUT2D eigenvalue weighted by atomic mass is 79.9. The van der Waals surface area contributed by atoms with Gasteiger partial charge < -0.3 is 9.64 Å². The van der Waals surface area contributed by atoms with Gasteiger partial charge in [0, 0.05) is 25.4 Å². The average Bonchev–Trinajstić information content (AvgIpc) is 2.64. The fourth-order valence-electron chi connectivity index (χ4n) is 2.01. The van der Waals surface area contributed by atoms with Crippen LogP contribution in [0.1, 0.15) is 0 Å². The highest BCUT2D eigenvalue weighted by Gasteiger charge is 2.30. The van der Waals surface area contributed by atoms with Gasteiger partial charge in [-0.15, -0.1) is 0 Å². The second-order valence-electron chi connectivity index (χ2n) is 4.26. The fourth-order valence-corrected chi connectivity index (χ4v) is 2.45. The third-order valence-corrected chi connectivity index (χ3v) is 3.31. The third-order valence-electron chi connectivity index (χ3n) is 2.92. The zero-order valence-electron chi connectivity index (χ0n) is 9.95. The zero-order valence-corrected chi connectivity index (χ0v) is 11.5. The molecule has 0 amide bonds. The molecule has 6 heteroatoms. The number of rotatable bonds is 3. The van der Waals surface area contributed by atoms with Crippen LogP contribution in [0.15, 0.2) is 35.1 Å². The first kappa shape index (κ1) is 11.5. The van der Waals surface area contributed by atoms with Gasteiger partial charge in [-0.25, -0.2) is 4.98 Å². The maximum absolute atomic E-state index is 5.75. The van der Waals surface area contributed by atoms with Crippen molar-refractivity contribution in [1.29, 1.82) is 0 Å². The van der Waals surface area contributed by atoms with Crippen LogP contribution in [0.25, 0.3) is 0 Å². The van der Waals surface area contributed by atoms with Crippen LogP contribution in [-0.2, 0) is 7.05 Å². The topological polar surface area (TPSA) is 43.2 Å². The number of nitrogens with zero attached hydrogens (tertiary/aromatic N) is 4. The quantitative estimate of drug-likeness (QED) is 0.868. The molecule has 3 heterocycles. The smallest absolute Gasteiger partial charge is 0.213 e. The van der Waals surface area contributed by atoms with Crippen molar-refractivity contribution >= 4 is 21.7 Å². The molecule has 94 valence electrons. The van der Waals surface area contributed by atoms with Gasteiger partial charge in [0.15, 0.2) is 0 Å². The maximum atomic E-state index is 5.75. The number of aryl methyl sites for hydroxylation is 1. The van der Waals surface area contributed by atoms with Crippen molar-refractivity contribution in [3.63, 3.8) is 0 Å². The van der Waals surface area contributed by atoms with Crippen LogP contribution in [0.3, 0.4) is 0 Å². The first-order valence-electron chi connectivity index (χ1n) is 5.74. The van der Waals surface area contributed by atoms with E-state index in [0.717, 1.165) is 23.5 Å². The van der Waals surface area contributed by atoms with Gasteiger partial charge in [-0.3, -0.25) is 4.68 Å². The van der Waals surface area contributed by atoms with Crippen molar-refractivity contribution < 1.29 is 4.74 Å². The summed E-state index contributed by atoms with van der Waals surface area (Å²) in [4.78, 5) is 6.38. The predicted octanol–water partition coefficient (Wildman–Crippen LogP) is 1.85. The fraction of sp³-hybridized carbons (Fsp3) is 0.333. The van der Waals surface area contributed by atoms with E-state index in [1.807, 2.05) is 36.0 Å². The summed E-state index contributed by atoms with van der Waals surface area (Å²) in [5, 5.41) is 4.26. The van der Waals surface area contributed by atoms with Crippen LogP contribution < -0.4 is 9.64 Å². The number of pyridine rings is 1. The normalized spacial score (nSPS) is 15.6. The van der Waals surface area contributed by atoms with Gasteiger partial charge >= 0.3 is 0 Å². The van der Waals surface area contributed by atoms with E-state index in [0.29, 0.717) is 5.88 Å². The van der Waals surface area contributed by atoms with Gasteiger partial charge in [-0.05, 0) is 22.0 Å². The van der Waals surface area contributed by atoms with E-state index in [-0.39, 0.29) is 6.10 Å². The summed E-state index contributed by atoms with van der Waals surface area (Å²) in [5.74, 6) is 1.79. The van der Waals surface area contributed by atoms with Crippen LogP contribution in [-0.4, -0.2) is 34.0 Å². The highest BCUT2D eigenvalue weighted by Crippen LogP contribution is 2.25. The van der Waals surface area contributed by atoms with Crippen LogP contribution >= 0.6 is 15.9 Å². The summed E-state index contributed by atoms with van der Waals surface area (Å²) in [5.41, 5.74) is 0. The molecule has 2 aromatic rings. The summed E-state index contributed by atoms with van der Waals surface area (Å²) in [6.45, 7) is 1.73. The number of hydrogen-bond donors (Lipinski definition) is 0. The average molecular weight is 309 g/mol. The summed E-state index contributed by atoms with van der Waals surface area (Å²) >= 11 is 3.37. The van der Waals surface area contributed by atoms with E-state index >= 15 is 0 Å². The first-order valence-corrected chi connectivity index (χ1v) is 6.54. The minimum Gasteiger partial charge on any atom is -0.471 e. The molecule has 2 aromatic heterocycles. The van der Waals surface area contributed by atoms with Crippen molar-refractivity contribution in [2.75, 3.05) is 18.0 Å². The Balaban J connectivity index is 1.59. The molecule has 1 aliphatic rings. The van der Waals surface area contributed by atoms with Crippen molar-refractivity contribution in [1.82, 2.24) is 14.8 Å². The van der Waals surface area contributed by atoms with Gasteiger partial charge in [-0.2, -0.15) is 5.10 Å². The van der Waals surface area contributed by atoms with E-state index in [9.17, 15) is 0 Å². The van der Waals surface area contributed by atoms with Gasteiger partial charge in [-0.1, -0.05) is 6.07 Å². The molecule has 1 saturated heterocycles. The van der Waals surface area contributed by atoms with Gasteiger partial charge in [0.2, 0.25) is 5.88 Å². The lowest BCUT2D eigenvalue weighted by Crippen LogP contribution is -2.54. The number of aromatic nitrogens is 3. The van der Waals surface area contributed by atoms with Crippen LogP contribution in [0.2, 0.25) is 0 Å². The Kier molecular flexibility index (Phi) is 2.95. The zero-order chi connectivity index (χ0) is 12.5. The van der Waals surface area contributed by atoms with Gasteiger partial charge in [0.05, 0.1) is 13.1 Å². The lowest BCUT2D eigenvalue weighted by Gasteiger charge is -2.39.